The molecular formula is C26H36O3Si. The minimum absolute atomic E-state index is 0.0934. The van der Waals surface area contributed by atoms with E-state index in [4.69, 9.17) is 13.9 Å². The quantitative estimate of drug-likeness (QED) is 0.467. The fourth-order valence-corrected chi connectivity index (χ4v) is 9.22. The van der Waals surface area contributed by atoms with Crippen molar-refractivity contribution >= 4 is 18.7 Å². The predicted octanol–water partition coefficient (Wildman–Crippen LogP) is 4.91. The molecule has 1 aliphatic heterocycles. The molecule has 2 aromatic rings. The molecule has 3 nitrogen and oxygen atoms in total. The van der Waals surface area contributed by atoms with Crippen LogP contribution in [0, 0.1) is 5.92 Å². The molecule has 0 aliphatic carbocycles. The molecule has 0 radical (unpaired) electrons. The Bertz CT molecular complexity index is 787. The average Bonchev–Trinajstić information content (AvgIpc) is 3.08. The van der Waals surface area contributed by atoms with Crippen LogP contribution in [-0.2, 0) is 13.9 Å². The normalized spacial score (nSPS) is 21.2. The second kappa shape index (κ2) is 8.79. The third-order valence-electron chi connectivity index (χ3n) is 6.02. The van der Waals surface area contributed by atoms with E-state index in [9.17, 15) is 0 Å². The van der Waals surface area contributed by atoms with Gasteiger partial charge in [0.25, 0.3) is 8.32 Å². The summed E-state index contributed by atoms with van der Waals surface area (Å²) in [5.41, 5.74) is 0. The first-order valence-corrected chi connectivity index (χ1v) is 12.7. The molecule has 1 aliphatic rings. The Morgan fingerprint density at radius 2 is 1.53 bits per heavy atom. The lowest BCUT2D eigenvalue weighted by Crippen LogP contribution is -2.69. The summed E-state index contributed by atoms with van der Waals surface area (Å²) >= 11 is 0. The van der Waals surface area contributed by atoms with Crippen LogP contribution in [0.15, 0.2) is 73.3 Å². The average molecular weight is 425 g/mol. The Balaban J connectivity index is 2.17. The number of hydrogen-bond donors (Lipinski definition) is 0. The van der Waals surface area contributed by atoms with Crippen molar-refractivity contribution < 1.29 is 13.9 Å². The van der Waals surface area contributed by atoms with Crippen LogP contribution in [-0.4, -0.2) is 32.9 Å². The third kappa shape index (κ3) is 4.47. The molecular weight excluding hydrogens is 388 g/mol. The highest BCUT2D eigenvalue weighted by molar-refractivity contribution is 6.99. The van der Waals surface area contributed by atoms with Crippen molar-refractivity contribution in [1.82, 2.24) is 0 Å². The molecule has 3 rings (SSSR count). The van der Waals surface area contributed by atoms with Crippen LogP contribution >= 0.6 is 0 Å². The number of rotatable bonds is 7. The van der Waals surface area contributed by atoms with Crippen LogP contribution < -0.4 is 10.4 Å². The highest BCUT2D eigenvalue weighted by Gasteiger charge is 2.53. The van der Waals surface area contributed by atoms with Crippen molar-refractivity contribution in [2.75, 3.05) is 6.61 Å². The zero-order chi connectivity index (χ0) is 22.0. The van der Waals surface area contributed by atoms with Crippen LogP contribution in [0.5, 0.6) is 0 Å². The van der Waals surface area contributed by atoms with Crippen molar-refractivity contribution in [2.45, 2.75) is 64.6 Å². The molecule has 4 heteroatoms. The van der Waals surface area contributed by atoms with Crippen molar-refractivity contribution in [3.8, 4) is 0 Å². The van der Waals surface area contributed by atoms with Gasteiger partial charge in [0.2, 0.25) is 0 Å². The van der Waals surface area contributed by atoms with Crippen LogP contribution in [0.1, 0.15) is 41.5 Å². The highest BCUT2D eigenvalue weighted by atomic mass is 28.4. The van der Waals surface area contributed by atoms with Crippen LogP contribution in [0.25, 0.3) is 0 Å². The molecule has 1 fully saturated rings. The van der Waals surface area contributed by atoms with Crippen molar-refractivity contribution in [3.63, 3.8) is 0 Å². The SMILES string of the molecule is C=C[C@H](C)[C@H](O[Si](c1ccccc1)(c1ccccc1)C(C)(C)C)[C@H]1COC(C)(C)O1. The molecule has 0 bridgehead atoms. The van der Waals surface area contributed by atoms with E-state index in [2.05, 4.69) is 94.9 Å². The van der Waals surface area contributed by atoms with E-state index in [1.807, 2.05) is 19.9 Å². The predicted molar refractivity (Wildman–Crippen MR) is 127 cm³/mol. The summed E-state index contributed by atoms with van der Waals surface area (Å²) in [6.07, 6.45) is 1.67. The molecule has 0 N–H and O–H groups in total. The van der Waals surface area contributed by atoms with Gasteiger partial charge in [-0.3, -0.25) is 0 Å². The van der Waals surface area contributed by atoms with Gasteiger partial charge in [-0.2, -0.15) is 0 Å². The van der Waals surface area contributed by atoms with Gasteiger partial charge in [0.1, 0.15) is 6.10 Å². The van der Waals surface area contributed by atoms with E-state index in [1.54, 1.807) is 0 Å². The zero-order valence-corrected chi connectivity index (χ0v) is 20.2. The summed E-state index contributed by atoms with van der Waals surface area (Å²) in [6, 6.07) is 21.4. The van der Waals surface area contributed by atoms with Crippen LogP contribution in [0.2, 0.25) is 5.04 Å². The number of hydrogen-bond acceptors (Lipinski definition) is 3. The van der Waals surface area contributed by atoms with Gasteiger partial charge in [0, 0.05) is 5.92 Å². The molecule has 3 atom stereocenters. The van der Waals surface area contributed by atoms with Gasteiger partial charge in [0.05, 0.1) is 12.7 Å². The number of benzene rings is 2. The van der Waals surface area contributed by atoms with Crippen molar-refractivity contribution in [2.24, 2.45) is 5.92 Å². The maximum atomic E-state index is 7.37. The maximum Gasteiger partial charge on any atom is 0.261 e. The standard InChI is InChI=1S/C26H36O3Si/c1-8-20(2)24(23-19-27-26(6,7)28-23)29-30(25(3,4)5,21-15-11-9-12-16-21)22-17-13-10-14-18-22/h8-18,20,23-24H,1,19H2,2-7H3/t20-,23+,24-/m0/s1. The fraction of sp³-hybridized carbons (Fsp3) is 0.462. The molecule has 0 amide bonds. The lowest BCUT2D eigenvalue weighted by molar-refractivity contribution is -0.151. The van der Waals surface area contributed by atoms with Crippen LogP contribution in [0.3, 0.4) is 0 Å². The van der Waals surface area contributed by atoms with Gasteiger partial charge < -0.3 is 13.9 Å². The number of ether oxygens (including phenoxy) is 2. The second-order valence-electron chi connectivity index (χ2n) is 9.71. The molecule has 0 spiro atoms. The smallest absolute Gasteiger partial charge is 0.261 e. The van der Waals surface area contributed by atoms with Gasteiger partial charge in [-0.25, -0.2) is 0 Å². The molecule has 1 saturated heterocycles. The Morgan fingerprint density at radius 1 is 1.03 bits per heavy atom. The van der Waals surface area contributed by atoms with Gasteiger partial charge in [-0.05, 0) is 29.3 Å². The van der Waals surface area contributed by atoms with Crippen molar-refractivity contribution in [3.05, 3.63) is 73.3 Å². The second-order valence-corrected chi connectivity index (χ2v) is 14.0. The topological polar surface area (TPSA) is 27.7 Å². The largest absolute Gasteiger partial charge is 0.401 e. The summed E-state index contributed by atoms with van der Waals surface area (Å²) < 4.78 is 19.6. The Hall–Kier alpha value is -1.72. The van der Waals surface area contributed by atoms with Crippen molar-refractivity contribution in [1.29, 1.82) is 0 Å². The summed E-state index contributed by atoms with van der Waals surface area (Å²) in [6.45, 7) is 17.6. The van der Waals surface area contributed by atoms with Gasteiger partial charge in [0.15, 0.2) is 5.79 Å². The minimum Gasteiger partial charge on any atom is -0.401 e. The molecule has 1 heterocycles. The van der Waals surface area contributed by atoms with E-state index in [0.717, 1.165) is 0 Å². The summed E-state index contributed by atoms with van der Waals surface area (Å²) in [4.78, 5) is 0. The molecule has 162 valence electrons. The first kappa shape index (κ1) is 23.0. The molecule has 30 heavy (non-hydrogen) atoms. The van der Waals surface area contributed by atoms with E-state index in [1.165, 1.54) is 10.4 Å². The Labute approximate surface area is 183 Å². The van der Waals surface area contributed by atoms with Gasteiger partial charge >= 0.3 is 0 Å². The molecule has 0 saturated carbocycles. The lowest BCUT2D eigenvalue weighted by atomic mass is 10.0. The van der Waals surface area contributed by atoms with E-state index >= 15 is 0 Å². The van der Waals surface area contributed by atoms with Gasteiger partial charge in [-0.1, -0.05) is 94.4 Å². The Morgan fingerprint density at radius 3 is 1.90 bits per heavy atom. The maximum absolute atomic E-state index is 7.37. The summed E-state index contributed by atoms with van der Waals surface area (Å²) in [5, 5.41) is 2.44. The lowest BCUT2D eigenvalue weighted by Gasteiger charge is -2.47. The zero-order valence-electron chi connectivity index (χ0n) is 19.2. The molecule has 2 aromatic carbocycles. The van der Waals surface area contributed by atoms with Gasteiger partial charge in [-0.15, -0.1) is 6.58 Å². The Kier molecular flexibility index (Phi) is 6.73. The van der Waals surface area contributed by atoms with E-state index in [0.29, 0.717) is 6.61 Å². The van der Waals surface area contributed by atoms with Crippen LogP contribution in [0.4, 0.5) is 0 Å². The molecule has 0 aromatic heterocycles. The van der Waals surface area contributed by atoms with E-state index < -0.39 is 14.1 Å². The van der Waals surface area contributed by atoms with E-state index in [-0.39, 0.29) is 23.2 Å². The minimum atomic E-state index is -2.69. The fourth-order valence-electron chi connectivity index (χ4n) is 4.43. The monoisotopic (exact) mass is 424 g/mol. The molecule has 0 unspecified atom stereocenters. The third-order valence-corrected chi connectivity index (χ3v) is 11.0. The summed E-state index contributed by atoms with van der Waals surface area (Å²) in [5.74, 6) is -0.479. The first-order valence-electron chi connectivity index (χ1n) is 10.8. The first-order chi connectivity index (χ1) is 14.1. The summed E-state index contributed by atoms with van der Waals surface area (Å²) in [7, 11) is -2.69. The highest BCUT2D eigenvalue weighted by Crippen LogP contribution is 2.40.